The molecule has 0 amide bonds. The number of rotatable bonds is 2. The third-order valence-electron chi connectivity index (χ3n) is 4.65. The molecule has 3 aliphatic rings. The maximum atomic E-state index is 2.43. The molecular weight excluding hydrogens is 316 g/mol. The summed E-state index contributed by atoms with van der Waals surface area (Å²) in [5, 5.41) is 9.33. The molecule has 2 heterocycles. The Bertz CT molecular complexity index is 816. The molecule has 0 nitrogen and oxygen atoms in total. The van der Waals surface area contributed by atoms with Gasteiger partial charge in [0.15, 0.2) is 0 Å². The van der Waals surface area contributed by atoms with Crippen molar-refractivity contribution in [3.8, 4) is 11.1 Å². The predicted molar refractivity (Wildman–Crippen MR) is 106 cm³/mol. The van der Waals surface area contributed by atoms with Crippen molar-refractivity contribution in [2.75, 3.05) is 0 Å². The Morgan fingerprint density at radius 3 is 1.43 bits per heavy atom. The van der Waals surface area contributed by atoms with E-state index in [4.69, 9.17) is 0 Å². The van der Waals surface area contributed by atoms with Crippen LogP contribution in [-0.2, 0) is 6.42 Å². The Balaban J connectivity index is 1.52. The van der Waals surface area contributed by atoms with Crippen molar-refractivity contribution in [3.05, 3.63) is 93.5 Å². The van der Waals surface area contributed by atoms with Crippen LogP contribution in [0.2, 0.25) is 0 Å². The van der Waals surface area contributed by atoms with Crippen LogP contribution in [0.4, 0.5) is 0 Å². The van der Waals surface area contributed by atoms with Crippen LogP contribution in [0.25, 0.3) is 11.1 Å². The van der Waals surface area contributed by atoms with Crippen molar-refractivity contribution in [3.63, 3.8) is 0 Å². The van der Waals surface area contributed by atoms with Gasteiger partial charge in [-0.25, -0.2) is 0 Å². The number of allylic oxidation sites excluding steroid dienone is 4. The van der Waals surface area contributed by atoms with Crippen LogP contribution in [0.3, 0.4) is 0 Å². The summed E-state index contributed by atoms with van der Waals surface area (Å²) in [6, 6.07) is 14.2. The summed E-state index contributed by atoms with van der Waals surface area (Å²) in [6.07, 6.45) is 9.77. The first-order chi connectivity index (χ1) is 11.4. The van der Waals surface area contributed by atoms with E-state index in [2.05, 4.69) is 82.3 Å². The zero-order valence-electron chi connectivity index (χ0n) is 12.7. The molecule has 0 fully saturated rings. The highest BCUT2D eigenvalue weighted by atomic mass is 32.2. The third-order valence-corrected chi connectivity index (χ3v) is 8.38. The van der Waals surface area contributed by atoms with Crippen molar-refractivity contribution in [2.45, 2.75) is 16.2 Å². The molecule has 2 heteroatoms. The van der Waals surface area contributed by atoms with Gasteiger partial charge in [0.1, 0.15) is 0 Å². The highest BCUT2D eigenvalue weighted by molar-refractivity contribution is 8.22. The highest BCUT2D eigenvalue weighted by Crippen LogP contribution is 2.48. The molecule has 0 spiro atoms. The van der Waals surface area contributed by atoms with Gasteiger partial charge in [0.2, 0.25) is 0 Å². The summed E-state index contributed by atoms with van der Waals surface area (Å²) in [4.78, 5) is 2.95. The fourth-order valence-corrected chi connectivity index (χ4v) is 6.65. The molecule has 0 saturated carbocycles. The fourth-order valence-electron chi connectivity index (χ4n) is 3.52. The third kappa shape index (κ3) is 2.25. The molecule has 0 N–H and O–H groups in total. The van der Waals surface area contributed by atoms with E-state index in [1.807, 2.05) is 0 Å². The van der Waals surface area contributed by atoms with E-state index < -0.39 is 0 Å². The van der Waals surface area contributed by atoms with Gasteiger partial charge in [-0.2, -0.15) is 21.8 Å². The lowest BCUT2D eigenvalue weighted by atomic mass is 10.1. The molecule has 2 aromatic carbocycles. The Kier molecular flexibility index (Phi) is 3.13. The van der Waals surface area contributed by atoms with Gasteiger partial charge in [0, 0.05) is 0 Å². The lowest BCUT2D eigenvalue weighted by Crippen LogP contribution is -1.83. The quantitative estimate of drug-likeness (QED) is 0.523. The summed E-state index contributed by atoms with van der Waals surface area (Å²) >= 11 is 0. The van der Waals surface area contributed by atoms with Crippen molar-refractivity contribution in [1.82, 2.24) is 0 Å². The molecule has 114 valence electrons. The monoisotopic (exact) mass is 334 g/mol. The van der Waals surface area contributed by atoms with E-state index in [1.54, 1.807) is 0 Å². The SMILES string of the molecule is C1=C[SH](c2ccc3c(c2)Cc2cc([SH]4C=CC=C4)ccc2-3)C=C1. The average Bonchev–Trinajstić information content (AvgIpc) is 3.32. The molecule has 0 unspecified atom stereocenters. The number of hydrogen-bond acceptors (Lipinski definition) is 0. The van der Waals surface area contributed by atoms with Gasteiger partial charge in [0.25, 0.3) is 0 Å². The van der Waals surface area contributed by atoms with Gasteiger partial charge in [-0.3, -0.25) is 0 Å². The van der Waals surface area contributed by atoms with E-state index in [9.17, 15) is 0 Å². The van der Waals surface area contributed by atoms with E-state index in [0.29, 0.717) is 0 Å². The maximum Gasteiger partial charge on any atom is -0.00127 e. The van der Waals surface area contributed by atoms with Crippen LogP contribution < -0.4 is 0 Å². The largest absolute Gasteiger partial charge is 0.186 e. The molecule has 5 rings (SSSR count). The lowest BCUT2D eigenvalue weighted by molar-refractivity contribution is 1.22. The zero-order chi connectivity index (χ0) is 15.2. The second kappa shape index (κ2) is 5.33. The Morgan fingerprint density at radius 2 is 1.00 bits per heavy atom. The molecule has 0 atom stereocenters. The van der Waals surface area contributed by atoms with Crippen LogP contribution in [0, 0.1) is 0 Å². The molecule has 0 radical (unpaired) electrons. The van der Waals surface area contributed by atoms with Gasteiger partial charge in [-0.1, -0.05) is 36.4 Å². The predicted octanol–water partition coefficient (Wildman–Crippen LogP) is 6.06. The summed E-state index contributed by atoms with van der Waals surface area (Å²) < 4.78 is 0. The maximum absolute atomic E-state index is 2.43. The zero-order valence-corrected chi connectivity index (χ0v) is 14.5. The fraction of sp³-hybridized carbons (Fsp3) is 0.0476. The van der Waals surface area contributed by atoms with Crippen molar-refractivity contribution in [1.29, 1.82) is 0 Å². The lowest BCUT2D eigenvalue weighted by Gasteiger charge is -2.12. The Labute approximate surface area is 142 Å². The molecule has 2 aliphatic heterocycles. The second-order valence-corrected chi connectivity index (χ2v) is 9.89. The first kappa shape index (κ1) is 13.5. The number of benzene rings is 2. The highest BCUT2D eigenvalue weighted by Gasteiger charge is 2.20. The van der Waals surface area contributed by atoms with Gasteiger partial charge >= 0.3 is 0 Å². The molecule has 2 aromatic rings. The molecular formula is C21H18S2. The minimum Gasteiger partial charge on any atom is -0.186 e. The van der Waals surface area contributed by atoms with Crippen molar-refractivity contribution >= 4 is 21.8 Å². The minimum atomic E-state index is -0.212. The van der Waals surface area contributed by atoms with E-state index in [0.717, 1.165) is 6.42 Å². The smallest absolute Gasteiger partial charge is 0.00127 e. The van der Waals surface area contributed by atoms with Gasteiger partial charge in [0.05, 0.1) is 0 Å². The van der Waals surface area contributed by atoms with Crippen LogP contribution in [-0.4, -0.2) is 0 Å². The van der Waals surface area contributed by atoms with Crippen molar-refractivity contribution < 1.29 is 0 Å². The number of thiol groups is 2. The first-order valence-corrected chi connectivity index (χ1v) is 10.9. The molecule has 23 heavy (non-hydrogen) atoms. The van der Waals surface area contributed by atoms with Crippen LogP contribution in [0.15, 0.2) is 92.1 Å². The van der Waals surface area contributed by atoms with Crippen LogP contribution in [0.1, 0.15) is 11.1 Å². The Morgan fingerprint density at radius 1 is 0.565 bits per heavy atom. The van der Waals surface area contributed by atoms with Crippen molar-refractivity contribution in [2.24, 2.45) is 0 Å². The number of fused-ring (bicyclic) bond motifs is 3. The summed E-state index contributed by atoms with van der Waals surface area (Å²) in [5.41, 5.74) is 5.86. The van der Waals surface area contributed by atoms with E-state index >= 15 is 0 Å². The summed E-state index contributed by atoms with van der Waals surface area (Å²) in [5.74, 6) is 0. The van der Waals surface area contributed by atoms with Gasteiger partial charge < -0.3 is 0 Å². The second-order valence-electron chi connectivity index (χ2n) is 6.04. The topological polar surface area (TPSA) is 0 Å². The van der Waals surface area contributed by atoms with Gasteiger partial charge in [-0.05, 0) is 84.4 Å². The van der Waals surface area contributed by atoms with Gasteiger partial charge in [-0.15, -0.1) is 0 Å². The summed E-state index contributed by atoms with van der Waals surface area (Å²) in [6.45, 7) is 0. The molecule has 1 aliphatic carbocycles. The average molecular weight is 335 g/mol. The first-order valence-electron chi connectivity index (χ1n) is 7.91. The standard InChI is InChI=1S/C21H18S2/c1-2-10-22(9-1)18-5-7-20-16(14-18)13-17-15-19(6-8-21(17)20)23-11-3-4-12-23/h1-12,14-15,22-23H,13H2. The normalized spacial score (nSPS) is 19.7. The minimum absolute atomic E-state index is 0.212. The van der Waals surface area contributed by atoms with E-state index in [-0.39, 0.29) is 21.8 Å². The molecule has 0 bridgehead atoms. The van der Waals surface area contributed by atoms with E-state index in [1.165, 1.54) is 32.0 Å². The van der Waals surface area contributed by atoms with Crippen LogP contribution in [0.5, 0.6) is 0 Å². The Hall–Kier alpha value is -1.90. The molecule has 0 saturated heterocycles. The summed E-state index contributed by atoms with van der Waals surface area (Å²) in [7, 11) is -0.425. The van der Waals surface area contributed by atoms with Crippen LogP contribution >= 0.6 is 21.8 Å². The molecule has 0 aromatic heterocycles. The number of hydrogen-bond donors (Lipinski definition) is 2.